The van der Waals surface area contributed by atoms with Crippen LogP contribution in [0.1, 0.15) is 16.7 Å². The summed E-state index contributed by atoms with van der Waals surface area (Å²) in [5.41, 5.74) is 6.35. The number of fused-ring (bicyclic) bond motifs is 2. The lowest BCUT2D eigenvalue weighted by Gasteiger charge is -2.15. The quantitative estimate of drug-likeness (QED) is 0.222. The summed E-state index contributed by atoms with van der Waals surface area (Å²) in [5, 5.41) is 5.29. The van der Waals surface area contributed by atoms with Gasteiger partial charge in [0.15, 0.2) is 0 Å². The van der Waals surface area contributed by atoms with Crippen LogP contribution in [0.2, 0.25) is 0 Å². The van der Waals surface area contributed by atoms with E-state index >= 15 is 0 Å². The molecule has 0 heteroatoms. The van der Waals surface area contributed by atoms with Gasteiger partial charge in [-0.2, -0.15) is 0 Å². The van der Waals surface area contributed by atoms with Gasteiger partial charge in [0, 0.05) is 0 Å². The molecule has 5 aromatic rings. The first-order valence-electron chi connectivity index (χ1n) is 10.0. The molecule has 0 aliphatic rings. The third kappa shape index (κ3) is 3.23. The molecule has 0 nitrogen and oxygen atoms in total. The number of hydrogen-bond acceptors (Lipinski definition) is 0. The predicted octanol–water partition coefficient (Wildman–Crippen LogP) is 8.14. The Morgan fingerprint density at radius 3 is 1.45 bits per heavy atom. The van der Waals surface area contributed by atoms with E-state index in [1.54, 1.807) is 0 Å². The third-order valence-electron chi connectivity index (χ3n) is 5.67. The fourth-order valence-corrected chi connectivity index (χ4v) is 4.17. The monoisotopic (exact) mass is 370 g/mol. The molecule has 0 aliphatic heterocycles. The lowest BCUT2D eigenvalue weighted by atomic mass is 9.89. The summed E-state index contributed by atoms with van der Waals surface area (Å²) in [5.74, 6) is 0. The second kappa shape index (κ2) is 7.41. The summed E-state index contributed by atoms with van der Waals surface area (Å²) in [6, 6.07) is 36.8. The molecule has 0 heterocycles. The Morgan fingerprint density at radius 2 is 0.897 bits per heavy atom. The van der Waals surface area contributed by atoms with Crippen LogP contribution in [0, 0.1) is 6.92 Å². The minimum absolute atomic E-state index is 1.21. The molecule has 0 spiro atoms. The Hall–Kier alpha value is -3.64. The average Bonchev–Trinajstić information content (AvgIpc) is 2.79. The lowest BCUT2D eigenvalue weighted by molar-refractivity contribution is 1.57. The van der Waals surface area contributed by atoms with Gasteiger partial charge in [0.05, 0.1) is 0 Å². The van der Waals surface area contributed by atoms with Crippen molar-refractivity contribution in [2.24, 2.45) is 0 Å². The van der Waals surface area contributed by atoms with Crippen molar-refractivity contribution in [2.75, 3.05) is 0 Å². The first kappa shape index (κ1) is 17.5. The zero-order valence-corrected chi connectivity index (χ0v) is 16.5. The molecule has 5 rings (SSSR count). The van der Waals surface area contributed by atoms with Crippen molar-refractivity contribution in [1.29, 1.82) is 0 Å². The van der Waals surface area contributed by atoms with Gasteiger partial charge in [-0.25, -0.2) is 0 Å². The van der Waals surface area contributed by atoms with Crippen LogP contribution in [0.3, 0.4) is 0 Å². The first-order chi connectivity index (χ1) is 14.3. The second-order valence-corrected chi connectivity index (χ2v) is 7.46. The molecule has 0 unspecified atom stereocenters. The van der Waals surface area contributed by atoms with Crippen LogP contribution < -0.4 is 0 Å². The van der Waals surface area contributed by atoms with E-state index in [4.69, 9.17) is 0 Å². The smallest absolute Gasteiger partial charge is 0.00266 e. The van der Waals surface area contributed by atoms with E-state index in [1.165, 1.54) is 49.4 Å². The minimum atomic E-state index is 1.21. The van der Waals surface area contributed by atoms with Crippen molar-refractivity contribution in [1.82, 2.24) is 0 Å². The van der Waals surface area contributed by atoms with E-state index in [2.05, 4.69) is 116 Å². The second-order valence-electron chi connectivity index (χ2n) is 7.46. The summed E-state index contributed by atoms with van der Waals surface area (Å²) in [6.07, 6.45) is 4.33. The van der Waals surface area contributed by atoms with Crippen LogP contribution in [0.25, 0.3) is 44.8 Å². The van der Waals surface area contributed by atoms with Gasteiger partial charge in [-0.05, 0) is 56.3 Å². The standard InChI is InChI=1S/C29H22/c1-21-25-11-5-7-13-27(25)29(28-14-8-6-12-26(21)28)24-19-17-23(18-20-24)16-15-22-9-3-2-4-10-22/h2-20H,1H3/b16-15+. The summed E-state index contributed by atoms with van der Waals surface area (Å²) >= 11 is 0. The highest BCUT2D eigenvalue weighted by Gasteiger charge is 2.12. The van der Waals surface area contributed by atoms with E-state index in [1.807, 2.05) is 6.07 Å². The van der Waals surface area contributed by atoms with E-state index in [-0.39, 0.29) is 0 Å². The predicted molar refractivity (Wildman–Crippen MR) is 127 cm³/mol. The molecular weight excluding hydrogens is 348 g/mol. The van der Waals surface area contributed by atoms with E-state index < -0.39 is 0 Å². The van der Waals surface area contributed by atoms with Crippen molar-refractivity contribution < 1.29 is 0 Å². The van der Waals surface area contributed by atoms with Crippen molar-refractivity contribution in [2.45, 2.75) is 6.92 Å². The Kier molecular flexibility index (Phi) is 4.46. The number of hydrogen-bond donors (Lipinski definition) is 0. The molecule has 0 aliphatic carbocycles. The highest BCUT2D eigenvalue weighted by molar-refractivity contribution is 6.14. The zero-order chi connectivity index (χ0) is 19.6. The number of aryl methyl sites for hydroxylation is 1. The van der Waals surface area contributed by atoms with Gasteiger partial charge < -0.3 is 0 Å². The van der Waals surface area contributed by atoms with Crippen LogP contribution >= 0.6 is 0 Å². The van der Waals surface area contributed by atoms with E-state index in [9.17, 15) is 0 Å². The van der Waals surface area contributed by atoms with Crippen LogP contribution in [-0.4, -0.2) is 0 Å². The molecule has 0 aromatic heterocycles. The Labute approximate surface area is 171 Å². The zero-order valence-electron chi connectivity index (χ0n) is 16.5. The normalized spacial score (nSPS) is 11.5. The highest BCUT2D eigenvalue weighted by Crippen LogP contribution is 2.38. The molecular formula is C29H22. The van der Waals surface area contributed by atoms with Crippen LogP contribution in [0.5, 0.6) is 0 Å². The summed E-state index contributed by atoms with van der Waals surface area (Å²) in [6.45, 7) is 2.23. The molecule has 0 fully saturated rings. The molecule has 0 saturated heterocycles. The van der Waals surface area contributed by atoms with Gasteiger partial charge in [-0.3, -0.25) is 0 Å². The molecule has 138 valence electrons. The maximum Gasteiger partial charge on any atom is -0.00266 e. The maximum absolute atomic E-state index is 2.24. The Bertz CT molecular complexity index is 1270. The van der Waals surface area contributed by atoms with Gasteiger partial charge in [0.25, 0.3) is 0 Å². The van der Waals surface area contributed by atoms with Gasteiger partial charge in [0.1, 0.15) is 0 Å². The topological polar surface area (TPSA) is 0 Å². The largest absolute Gasteiger partial charge is 0.0622 e. The molecule has 0 atom stereocenters. The molecule has 0 bridgehead atoms. The third-order valence-corrected chi connectivity index (χ3v) is 5.67. The van der Waals surface area contributed by atoms with Gasteiger partial charge >= 0.3 is 0 Å². The number of benzene rings is 5. The molecule has 5 aromatic carbocycles. The first-order valence-corrected chi connectivity index (χ1v) is 10.0. The van der Waals surface area contributed by atoms with Crippen molar-refractivity contribution >= 4 is 33.7 Å². The molecule has 0 amide bonds. The van der Waals surface area contributed by atoms with Crippen molar-refractivity contribution in [3.8, 4) is 11.1 Å². The molecule has 29 heavy (non-hydrogen) atoms. The fraction of sp³-hybridized carbons (Fsp3) is 0.0345. The Morgan fingerprint density at radius 1 is 0.448 bits per heavy atom. The highest BCUT2D eigenvalue weighted by atomic mass is 14.2. The molecule has 0 N–H and O–H groups in total. The van der Waals surface area contributed by atoms with Crippen LogP contribution in [0.15, 0.2) is 103 Å². The molecule has 0 saturated carbocycles. The summed E-state index contributed by atoms with van der Waals surface area (Å²) in [7, 11) is 0. The van der Waals surface area contributed by atoms with Gasteiger partial charge in [-0.15, -0.1) is 0 Å². The number of rotatable bonds is 3. The minimum Gasteiger partial charge on any atom is -0.0622 e. The van der Waals surface area contributed by atoms with Gasteiger partial charge in [0.2, 0.25) is 0 Å². The van der Waals surface area contributed by atoms with Crippen molar-refractivity contribution in [3.63, 3.8) is 0 Å². The van der Waals surface area contributed by atoms with Crippen LogP contribution in [0.4, 0.5) is 0 Å². The fourth-order valence-electron chi connectivity index (χ4n) is 4.17. The maximum atomic E-state index is 2.24. The van der Waals surface area contributed by atoms with Crippen molar-refractivity contribution in [3.05, 3.63) is 120 Å². The summed E-state index contributed by atoms with van der Waals surface area (Å²) < 4.78 is 0. The summed E-state index contributed by atoms with van der Waals surface area (Å²) in [4.78, 5) is 0. The lowest BCUT2D eigenvalue weighted by Crippen LogP contribution is -1.89. The van der Waals surface area contributed by atoms with E-state index in [0.717, 1.165) is 0 Å². The van der Waals surface area contributed by atoms with Crippen LogP contribution in [-0.2, 0) is 0 Å². The molecule has 0 radical (unpaired) electrons. The Balaban J connectivity index is 1.64. The van der Waals surface area contributed by atoms with E-state index in [0.29, 0.717) is 0 Å². The van der Waals surface area contributed by atoms with Gasteiger partial charge in [-0.1, -0.05) is 115 Å². The average molecular weight is 370 g/mol. The SMILES string of the molecule is Cc1c2ccccc2c(-c2ccc(/C=C/c3ccccc3)cc2)c2ccccc12.